The Balaban J connectivity index is 0.000000366. The molecule has 1 aliphatic rings. The predicted molar refractivity (Wildman–Crippen MR) is 69.0 cm³/mol. The number of amides is 1. The molecule has 1 saturated carbocycles. The van der Waals surface area contributed by atoms with Crippen molar-refractivity contribution in [1.82, 2.24) is 5.32 Å². The topological polar surface area (TPSA) is 49.3 Å². The monoisotopic (exact) mass is 235 g/mol. The van der Waals surface area contributed by atoms with E-state index in [9.17, 15) is 4.79 Å². The lowest BCUT2D eigenvalue weighted by Crippen LogP contribution is -2.24. The molecule has 0 spiro atoms. The molecule has 1 amide bonds. The Morgan fingerprint density at radius 3 is 2.59 bits per heavy atom. The highest BCUT2D eigenvalue weighted by molar-refractivity contribution is 5.76. The number of terminal acetylenes is 1. The molecule has 3 nitrogen and oxygen atoms in total. The van der Waals surface area contributed by atoms with Crippen LogP contribution < -0.4 is 5.32 Å². The third-order valence-corrected chi connectivity index (χ3v) is 2.05. The van der Waals surface area contributed by atoms with Gasteiger partial charge in [-0.2, -0.15) is 0 Å². The summed E-state index contributed by atoms with van der Waals surface area (Å²) in [6, 6.07) is 0.480. The van der Waals surface area contributed by atoms with E-state index in [1.165, 1.54) is 0 Å². The number of aliphatic hydroxyl groups is 1. The normalized spacial score (nSPS) is 12.3. The molecule has 3 heteroatoms. The van der Waals surface area contributed by atoms with Gasteiger partial charge in [0.2, 0.25) is 5.91 Å². The van der Waals surface area contributed by atoms with Crippen LogP contribution in [0.15, 0.2) is 0 Å². The second-order valence-electron chi connectivity index (χ2n) is 3.76. The first-order valence-corrected chi connectivity index (χ1v) is 6.04. The van der Waals surface area contributed by atoms with Gasteiger partial charge in [-0.25, -0.2) is 0 Å². The third kappa shape index (κ3) is 12.5. The van der Waals surface area contributed by atoms with Gasteiger partial charge in [0.25, 0.3) is 0 Å². The number of hydrogen-bond donors (Lipinski definition) is 2. The summed E-state index contributed by atoms with van der Waals surface area (Å²) in [5, 5.41) is 10.9. The summed E-state index contributed by atoms with van der Waals surface area (Å²) in [4.78, 5) is 11.0. The minimum atomic E-state index is -0.00611. The van der Waals surface area contributed by atoms with Crippen molar-refractivity contribution in [2.75, 3.05) is 6.61 Å². The molecule has 0 atom stereocenters. The van der Waals surface area contributed by atoms with E-state index in [1.54, 1.807) is 0 Å². The molecule has 2 N–H and O–H groups in total. The van der Waals surface area contributed by atoms with Crippen molar-refractivity contribution < 1.29 is 9.90 Å². The summed E-state index contributed by atoms with van der Waals surface area (Å²) in [6.45, 7) is 1.94. The molecule has 94 valence electrons. The largest absolute Gasteiger partial charge is 0.384 e. The van der Waals surface area contributed by atoms with Crippen LogP contribution in [-0.4, -0.2) is 23.7 Å². The first kappa shape index (κ1) is 15.6. The van der Waals surface area contributed by atoms with Crippen molar-refractivity contribution in [2.45, 2.75) is 51.5 Å². The van der Waals surface area contributed by atoms with E-state index >= 15 is 0 Å². The van der Waals surface area contributed by atoms with Gasteiger partial charge in [0, 0.05) is 25.3 Å². The highest BCUT2D eigenvalue weighted by Gasteiger charge is 2.22. The van der Waals surface area contributed by atoms with E-state index in [2.05, 4.69) is 23.1 Å². The SMILES string of the molecule is C#CCCCC(=O)NC1CC1.CCC#CCO. The highest BCUT2D eigenvalue weighted by Crippen LogP contribution is 2.18. The zero-order chi connectivity index (χ0) is 12.9. The molecule has 0 bridgehead atoms. The summed E-state index contributed by atoms with van der Waals surface area (Å²) in [6.07, 6.45) is 10.3. The molecule has 0 aromatic carbocycles. The number of aliphatic hydroxyl groups excluding tert-OH is 1. The fraction of sp³-hybridized carbons (Fsp3) is 0.643. The van der Waals surface area contributed by atoms with E-state index in [1.807, 2.05) is 6.92 Å². The van der Waals surface area contributed by atoms with Crippen molar-refractivity contribution >= 4 is 5.91 Å². The molecule has 0 unspecified atom stereocenters. The summed E-state index contributed by atoms with van der Waals surface area (Å²) >= 11 is 0. The number of carbonyl (C=O) groups excluding carboxylic acids is 1. The maximum Gasteiger partial charge on any atom is 0.220 e. The van der Waals surface area contributed by atoms with Crippen molar-refractivity contribution in [1.29, 1.82) is 0 Å². The zero-order valence-corrected chi connectivity index (χ0v) is 10.5. The van der Waals surface area contributed by atoms with E-state index in [0.29, 0.717) is 18.9 Å². The third-order valence-electron chi connectivity index (χ3n) is 2.05. The number of carbonyl (C=O) groups is 1. The van der Waals surface area contributed by atoms with E-state index in [4.69, 9.17) is 11.5 Å². The van der Waals surface area contributed by atoms with Gasteiger partial charge in [-0.05, 0) is 19.3 Å². The summed E-state index contributed by atoms with van der Waals surface area (Å²) in [5.41, 5.74) is 0. The Hall–Kier alpha value is -1.45. The van der Waals surface area contributed by atoms with Gasteiger partial charge >= 0.3 is 0 Å². The highest BCUT2D eigenvalue weighted by atomic mass is 16.2. The molecule has 17 heavy (non-hydrogen) atoms. The maximum absolute atomic E-state index is 11.0. The van der Waals surface area contributed by atoms with Crippen LogP contribution in [-0.2, 0) is 4.79 Å². The van der Waals surface area contributed by atoms with Crippen molar-refractivity contribution in [3.8, 4) is 24.2 Å². The lowest BCUT2D eigenvalue weighted by molar-refractivity contribution is -0.121. The molecule has 1 aliphatic carbocycles. The van der Waals surface area contributed by atoms with E-state index in [-0.39, 0.29) is 12.5 Å². The summed E-state index contributed by atoms with van der Waals surface area (Å²) in [7, 11) is 0. The average Bonchev–Trinajstić information content (AvgIpc) is 3.11. The van der Waals surface area contributed by atoms with E-state index < -0.39 is 0 Å². The van der Waals surface area contributed by atoms with Gasteiger partial charge in [0.1, 0.15) is 6.61 Å². The average molecular weight is 235 g/mol. The van der Waals surface area contributed by atoms with Crippen LogP contribution in [0.1, 0.15) is 45.4 Å². The van der Waals surface area contributed by atoms with Gasteiger partial charge in [-0.3, -0.25) is 4.79 Å². The lowest BCUT2D eigenvalue weighted by atomic mass is 10.2. The van der Waals surface area contributed by atoms with Crippen LogP contribution in [0.25, 0.3) is 0 Å². The van der Waals surface area contributed by atoms with Crippen LogP contribution >= 0.6 is 0 Å². The Morgan fingerprint density at radius 1 is 1.47 bits per heavy atom. The van der Waals surface area contributed by atoms with Gasteiger partial charge in [-0.15, -0.1) is 18.3 Å². The molecule has 0 heterocycles. The molecule has 0 radical (unpaired) electrons. The summed E-state index contributed by atoms with van der Waals surface area (Å²) in [5.74, 6) is 7.87. The van der Waals surface area contributed by atoms with Crippen LogP contribution in [0.4, 0.5) is 0 Å². The Bertz CT molecular complexity index is 294. The standard InChI is InChI=1S/C9H13NO.C5H8O/c1-2-3-4-5-9(11)10-8-6-7-8;1-2-3-4-5-6/h1,8H,3-7H2,(H,10,11);6H,2,5H2,1H3. The molecule has 1 fully saturated rings. The molecule has 0 aromatic rings. The molecule has 0 aromatic heterocycles. The molecule has 1 rings (SSSR count). The minimum Gasteiger partial charge on any atom is -0.384 e. The molecule has 0 aliphatic heterocycles. The van der Waals surface area contributed by atoms with Gasteiger partial charge in [-0.1, -0.05) is 12.8 Å². The minimum absolute atomic E-state index is 0.00611. The quantitative estimate of drug-likeness (QED) is 0.572. The summed E-state index contributed by atoms with van der Waals surface area (Å²) < 4.78 is 0. The van der Waals surface area contributed by atoms with Crippen molar-refractivity contribution in [2.24, 2.45) is 0 Å². The molecule has 0 saturated heterocycles. The Labute approximate surface area is 104 Å². The predicted octanol–water partition coefficient (Wildman–Crippen LogP) is 1.46. The van der Waals surface area contributed by atoms with Crippen LogP contribution in [0.5, 0.6) is 0 Å². The molecular weight excluding hydrogens is 214 g/mol. The first-order valence-electron chi connectivity index (χ1n) is 6.04. The number of unbranched alkanes of at least 4 members (excludes halogenated alkanes) is 1. The number of rotatable bonds is 4. The first-order chi connectivity index (χ1) is 8.24. The smallest absolute Gasteiger partial charge is 0.220 e. The fourth-order valence-corrected chi connectivity index (χ4v) is 1.06. The van der Waals surface area contributed by atoms with Crippen molar-refractivity contribution in [3.63, 3.8) is 0 Å². The number of hydrogen-bond acceptors (Lipinski definition) is 2. The van der Waals surface area contributed by atoms with Crippen molar-refractivity contribution in [3.05, 3.63) is 0 Å². The van der Waals surface area contributed by atoms with Gasteiger partial charge in [0.15, 0.2) is 0 Å². The van der Waals surface area contributed by atoms with Gasteiger partial charge < -0.3 is 10.4 Å². The molecular formula is C14H21NO2. The maximum atomic E-state index is 11.0. The van der Waals surface area contributed by atoms with Crippen LogP contribution in [0.3, 0.4) is 0 Å². The van der Waals surface area contributed by atoms with Crippen LogP contribution in [0, 0.1) is 24.2 Å². The van der Waals surface area contributed by atoms with Crippen LogP contribution in [0.2, 0.25) is 0 Å². The lowest BCUT2D eigenvalue weighted by Gasteiger charge is -1.99. The van der Waals surface area contributed by atoms with Gasteiger partial charge in [0.05, 0.1) is 0 Å². The second kappa shape index (κ2) is 11.0. The van der Waals surface area contributed by atoms with E-state index in [0.717, 1.165) is 25.7 Å². The second-order valence-corrected chi connectivity index (χ2v) is 3.76. The Morgan fingerprint density at radius 2 is 2.18 bits per heavy atom. The zero-order valence-electron chi connectivity index (χ0n) is 10.5. The number of nitrogens with one attached hydrogen (secondary N) is 1. The fourth-order valence-electron chi connectivity index (χ4n) is 1.06. The Kier molecular flexibility index (Phi) is 10.1.